The van der Waals surface area contributed by atoms with E-state index in [0.717, 1.165) is 41.6 Å². The van der Waals surface area contributed by atoms with Crippen LogP contribution in [-0.4, -0.2) is 35.2 Å². The number of hydrogen-bond donors (Lipinski definition) is 2. The normalized spacial score (nSPS) is 9.46. The predicted molar refractivity (Wildman–Crippen MR) is 197 cm³/mol. The summed E-state index contributed by atoms with van der Waals surface area (Å²) in [6.07, 6.45) is 1.91. The Balaban J connectivity index is 0.000000386. The fourth-order valence-electron chi connectivity index (χ4n) is 4.32. The van der Waals surface area contributed by atoms with Crippen molar-refractivity contribution in [1.82, 2.24) is 5.32 Å². The van der Waals surface area contributed by atoms with Crippen LogP contribution >= 0.6 is 34.3 Å². The maximum Gasteiger partial charge on any atom is 1.00 e. The molecule has 2 aromatic heterocycles. The zero-order chi connectivity index (χ0) is 31.7. The van der Waals surface area contributed by atoms with Crippen molar-refractivity contribution in [2.45, 2.75) is 12.8 Å². The molecule has 0 atom stereocenters. The zero-order valence-electron chi connectivity index (χ0n) is 26.7. The Bertz CT molecular complexity index is 1700. The van der Waals surface area contributed by atoms with Crippen LogP contribution in [0.2, 0.25) is 0 Å². The second kappa shape index (κ2) is 23.8. The smallest absolute Gasteiger partial charge is 0.870 e. The zero-order valence-corrected chi connectivity index (χ0v) is 31.1. The molecule has 6 rings (SSSR count). The summed E-state index contributed by atoms with van der Waals surface area (Å²) in [5, 5.41) is 6.67. The van der Waals surface area contributed by atoms with Gasteiger partial charge < -0.3 is 22.0 Å². The molecule has 6 N–H and O–H groups in total. The minimum atomic E-state index is -0.422. The molecule has 10 heteroatoms. The molecule has 244 valence electrons. The van der Waals surface area contributed by atoms with Crippen molar-refractivity contribution in [3.63, 3.8) is 0 Å². The molecule has 0 aliphatic heterocycles. The number of nitrogens with one attached hydrogen (secondary N) is 1. The van der Waals surface area contributed by atoms with Crippen molar-refractivity contribution in [3.05, 3.63) is 165 Å². The largest absolute Gasteiger partial charge is 1.00 e. The first-order valence-corrected chi connectivity index (χ1v) is 16.7. The SMILES string of the molecule is NCCc1cccs1.O.O=C(Cl)c1ccc(-c2ccccc2)cc1.O=C(NCCc1cccs1)c1ccc(-c2ccccc2)cc1.[Na+].[OH-]. The molecule has 0 radical (unpaired) electrons. The number of nitrogens with two attached hydrogens (primary N) is 1. The van der Waals surface area contributed by atoms with Crippen LogP contribution in [0, 0.1) is 0 Å². The molecule has 0 spiro atoms. The maximum atomic E-state index is 12.1. The second-order valence-corrected chi connectivity index (χ2v) is 12.3. The minimum absolute atomic E-state index is 0. The van der Waals surface area contributed by atoms with Crippen LogP contribution in [0.4, 0.5) is 0 Å². The van der Waals surface area contributed by atoms with Crippen molar-refractivity contribution in [1.29, 1.82) is 0 Å². The van der Waals surface area contributed by atoms with E-state index in [9.17, 15) is 9.59 Å². The second-order valence-electron chi connectivity index (χ2n) is 9.86. The monoisotopic (exact) mass is 708 g/mol. The molecule has 0 saturated carbocycles. The summed E-state index contributed by atoms with van der Waals surface area (Å²) in [7, 11) is 0. The van der Waals surface area contributed by atoms with Crippen molar-refractivity contribution in [2.75, 3.05) is 13.1 Å². The van der Waals surface area contributed by atoms with Crippen molar-refractivity contribution < 1.29 is 50.1 Å². The van der Waals surface area contributed by atoms with Crippen LogP contribution < -0.4 is 40.6 Å². The van der Waals surface area contributed by atoms with Crippen LogP contribution in [0.15, 0.2) is 144 Å². The number of rotatable bonds is 9. The number of amides is 1. The van der Waals surface area contributed by atoms with Crippen molar-refractivity contribution in [3.8, 4) is 22.3 Å². The van der Waals surface area contributed by atoms with Gasteiger partial charge in [0, 0.05) is 27.4 Å². The van der Waals surface area contributed by atoms with Gasteiger partial charge in [0.05, 0.1) is 0 Å². The molecule has 4 aromatic carbocycles. The van der Waals surface area contributed by atoms with Gasteiger partial charge in [-0.05, 0) is 100 Å². The molecule has 0 aliphatic carbocycles. The van der Waals surface area contributed by atoms with E-state index in [4.69, 9.17) is 17.3 Å². The fraction of sp³-hybridized carbons (Fsp3) is 0.105. The van der Waals surface area contributed by atoms with Gasteiger partial charge in [-0.1, -0.05) is 97.1 Å². The number of carbonyl (C=O) groups is 2. The van der Waals surface area contributed by atoms with E-state index in [1.165, 1.54) is 9.75 Å². The first kappa shape index (κ1) is 42.6. The van der Waals surface area contributed by atoms with Crippen LogP contribution in [-0.2, 0) is 12.8 Å². The average molecular weight is 709 g/mol. The van der Waals surface area contributed by atoms with Crippen molar-refractivity contribution >= 4 is 45.4 Å². The van der Waals surface area contributed by atoms with Gasteiger partial charge in [0.25, 0.3) is 11.1 Å². The Labute approximate surface area is 317 Å². The third-order valence-corrected chi connectivity index (χ3v) is 8.77. The topological polar surface area (TPSA) is 134 Å². The molecule has 6 nitrogen and oxygen atoms in total. The molecular weight excluding hydrogens is 671 g/mol. The Kier molecular flexibility index (Phi) is 21.2. The summed E-state index contributed by atoms with van der Waals surface area (Å²) in [5.74, 6) is -0.0174. The molecule has 0 unspecified atom stereocenters. The maximum absolute atomic E-state index is 12.1. The summed E-state index contributed by atoms with van der Waals surface area (Å²) in [6, 6.07) is 43.4. The molecular formula is C38H38ClN2NaO4S2. The van der Waals surface area contributed by atoms with Crippen LogP contribution in [0.25, 0.3) is 22.3 Å². The van der Waals surface area contributed by atoms with Gasteiger partial charge in [0.1, 0.15) is 0 Å². The van der Waals surface area contributed by atoms with Gasteiger partial charge in [-0.25, -0.2) is 0 Å². The molecule has 0 bridgehead atoms. The summed E-state index contributed by atoms with van der Waals surface area (Å²) < 4.78 is 0. The number of thiophene rings is 2. The van der Waals surface area contributed by atoms with Gasteiger partial charge in [-0.15, -0.1) is 22.7 Å². The Morgan fingerprint density at radius 1 is 0.583 bits per heavy atom. The Morgan fingerprint density at radius 3 is 1.40 bits per heavy atom. The van der Waals surface area contributed by atoms with Crippen molar-refractivity contribution in [2.24, 2.45) is 5.73 Å². The van der Waals surface area contributed by atoms with E-state index >= 15 is 0 Å². The van der Waals surface area contributed by atoms with E-state index in [0.29, 0.717) is 17.7 Å². The number of hydrogen-bond acceptors (Lipinski definition) is 6. The summed E-state index contributed by atoms with van der Waals surface area (Å²) in [6.45, 7) is 1.43. The third kappa shape index (κ3) is 14.4. The van der Waals surface area contributed by atoms with Gasteiger partial charge >= 0.3 is 29.6 Å². The summed E-state index contributed by atoms with van der Waals surface area (Å²) in [4.78, 5) is 25.6. The Morgan fingerprint density at radius 2 is 1.00 bits per heavy atom. The Hall–Kier alpha value is -3.41. The predicted octanol–water partition coefficient (Wildman–Crippen LogP) is 5.37. The van der Waals surface area contributed by atoms with E-state index in [-0.39, 0.29) is 46.4 Å². The van der Waals surface area contributed by atoms with Crippen LogP contribution in [0.5, 0.6) is 0 Å². The van der Waals surface area contributed by atoms with Gasteiger partial charge in [0.15, 0.2) is 0 Å². The molecule has 1 amide bonds. The molecule has 48 heavy (non-hydrogen) atoms. The van der Waals surface area contributed by atoms with E-state index in [1.54, 1.807) is 34.8 Å². The molecule has 0 saturated heterocycles. The number of carbonyl (C=O) groups excluding carboxylic acids is 2. The first-order chi connectivity index (χ1) is 22.0. The first-order valence-electron chi connectivity index (χ1n) is 14.6. The van der Waals surface area contributed by atoms with Crippen LogP contribution in [0.3, 0.4) is 0 Å². The molecule has 0 fully saturated rings. The average Bonchev–Trinajstić information content (AvgIpc) is 3.82. The minimum Gasteiger partial charge on any atom is -0.870 e. The van der Waals surface area contributed by atoms with Gasteiger partial charge in [-0.3, -0.25) is 9.59 Å². The summed E-state index contributed by atoms with van der Waals surface area (Å²) in [5.41, 5.74) is 11.0. The van der Waals surface area contributed by atoms with E-state index in [2.05, 4.69) is 46.4 Å². The fourth-order valence-corrected chi connectivity index (χ4v) is 5.88. The quantitative estimate of drug-likeness (QED) is 0.154. The molecule has 2 heterocycles. The number of halogens is 1. The third-order valence-electron chi connectivity index (χ3n) is 6.68. The van der Waals surface area contributed by atoms with Gasteiger partial charge in [0.2, 0.25) is 0 Å². The molecule has 0 aliphatic rings. The standard InChI is InChI=1S/C19H17NOS.C13H9ClO.C6H9NS.Na.2H2O/c21-19(20-13-12-18-7-4-14-22-18)17-10-8-16(9-11-17)15-5-2-1-3-6-15;14-13(15)12-8-6-11(7-9-12)10-4-2-1-3-5-10;7-4-3-6-2-1-5-8-6;;;/h1-11,14H,12-13H2,(H,20,21);1-9H;1-2,5H,3-4,7H2;;2*1H2/q;;;+1;;/p-1. The van der Waals surface area contributed by atoms with E-state index in [1.807, 2.05) is 91.0 Å². The molecule has 6 aromatic rings. The number of benzene rings is 4. The van der Waals surface area contributed by atoms with Crippen LogP contribution in [0.1, 0.15) is 30.5 Å². The summed E-state index contributed by atoms with van der Waals surface area (Å²) >= 11 is 8.85. The van der Waals surface area contributed by atoms with Gasteiger partial charge in [-0.2, -0.15) is 0 Å². The van der Waals surface area contributed by atoms with E-state index < -0.39 is 5.24 Å².